The second-order valence-electron chi connectivity index (χ2n) is 7.15. The number of aromatic amines is 1. The molecule has 0 bridgehead atoms. The first kappa shape index (κ1) is 16.9. The lowest BCUT2D eigenvalue weighted by Gasteiger charge is -2.32. The van der Waals surface area contributed by atoms with E-state index in [1.165, 1.54) is 16.8 Å². The summed E-state index contributed by atoms with van der Waals surface area (Å²) in [7, 11) is 0. The molecule has 0 aliphatic carbocycles. The largest absolute Gasteiger partial charge is 0.508 e. The minimum absolute atomic E-state index is 0.397. The number of phenolic OH excluding ortho intramolecular Hbond substituents is 1. The summed E-state index contributed by atoms with van der Waals surface area (Å²) in [6.45, 7) is 2.91. The van der Waals surface area contributed by atoms with Gasteiger partial charge >= 0.3 is 0 Å². The molecule has 26 heavy (non-hydrogen) atoms. The molecule has 0 amide bonds. The Morgan fingerprint density at radius 3 is 2.46 bits per heavy atom. The average molecular weight is 347 g/mol. The summed E-state index contributed by atoms with van der Waals surface area (Å²) in [6.07, 6.45) is 5.16. The Kier molecular flexibility index (Phi) is 5.02. The van der Waals surface area contributed by atoms with E-state index in [0.717, 1.165) is 44.5 Å². The van der Waals surface area contributed by atoms with Crippen LogP contribution >= 0.6 is 0 Å². The third-order valence-corrected chi connectivity index (χ3v) is 5.37. The van der Waals surface area contributed by atoms with E-state index in [0.29, 0.717) is 11.7 Å². The lowest BCUT2D eigenvalue weighted by molar-refractivity contribution is 0.201. The second-order valence-corrected chi connectivity index (χ2v) is 7.15. The average Bonchev–Trinajstić information content (AvgIpc) is 3.13. The molecule has 0 unspecified atom stereocenters. The zero-order valence-electron chi connectivity index (χ0n) is 14.9. The molecule has 0 radical (unpaired) electrons. The molecule has 1 saturated heterocycles. The fourth-order valence-electron chi connectivity index (χ4n) is 3.90. The van der Waals surface area contributed by atoms with Crippen LogP contribution in [0.25, 0.3) is 0 Å². The van der Waals surface area contributed by atoms with Gasteiger partial charge in [0.15, 0.2) is 0 Å². The number of nitrogens with zero attached hydrogens (tertiary/aromatic N) is 2. The number of H-pyrrole nitrogens is 1. The van der Waals surface area contributed by atoms with Gasteiger partial charge in [-0.05, 0) is 43.1 Å². The van der Waals surface area contributed by atoms with Crippen molar-refractivity contribution in [2.75, 3.05) is 13.1 Å². The lowest BCUT2D eigenvalue weighted by Crippen LogP contribution is -2.32. The van der Waals surface area contributed by atoms with Crippen molar-refractivity contribution in [3.63, 3.8) is 0 Å². The van der Waals surface area contributed by atoms with Crippen LogP contribution in [0.1, 0.15) is 41.1 Å². The minimum Gasteiger partial charge on any atom is -0.508 e. The van der Waals surface area contributed by atoms with Crippen molar-refractivity contribution in [2.45, 2.75) is 31.7 Å². The number of nitrogens with one attached hydrogen (secondary N) is 1. The van der Waals surface area contributed by atoms with E-state index in [1.807, 2.05) is 24.4 Å². The van der Waals surface area contributed by atoms with Gasteiger partial charge in [0.25, 0.3) is 0 Å². The molecule has 3 aromatic rings. The fraction of sp³-hybridized carbons (Fsp3) is 0.318. The van der Waals surface area contributed by atoms with E-state index in [4.69, 9.17) is 0 Å². The summed E-state index contributed by atoms with van der Waals surface area (Å²) in [4.78, 5) is 2.43. The van der Waals surface area contributed by atoms with Crippen molar-refractivity contribution < 1.29 is 5.11 Å². The van der Waals surface area contributed by atoms with Crippen molar-refractivity contribution >= 4 is 0 Å². The van der Waals surface area contributed by atoms with Crippen molar-refractivity contribution in [3.8, 4) is 5.75 Å². The van der Waals surface area contributed by atoms with Crippen molar-refractivity contribution in [3.05, 3.63) is 83.2 Å². The quantitative estimate of drug-likeness (QED) is 0.731. The molecule has 0 saturated carbocycles. The molecule has 0 atom stereocenters. The van der Waals surface area contributed by atoms with Crippen LogP contribution in [0, 0.1) is 0 Å². The normalized spacial score (nSPS) is 16.0. The highest BCUT2D eigenvalue weighted by molar-refractivity contribution is 5.32. The lowest BCUT2D eigenvalue weighted by atomic mass is 9.89. The molecule has 4 nitrogen and oxygen atoms in total. The predicted octanol–water partition coefficient (Wildman–Crippen LogP) is 4.09. The monoisotopic (exact) mass is 347 g/mol. The standard InChI is InChI=1S/C22H25N3O/c26-21-9-5-4-8-19(21)16-25-12-10-18(11-13-25)22-20(15-23-24-22)14-17-6-2-1-3-7-17/h1-9,15,18,26H,10-14,16H2,(H,23,24). The molecule has 4 rings (SSSR count). The Hall–Kier alpha value is -2.59. The zero-order valence-corrected chi connectivity index (χ0v) is 14.9. The number of rotatable bonds is 5. The van der Waals surface area contributed by atoms with Gasteiger partial charge in [-0.15, -0.1) is 0 Å². The molecule has 1 aliphatic rings. The number of likely N-dealkylation sites (tertiary alicyclic amines) is 1. The molecule has 2 N–H and O–H groups in total. The minimum atomic E-state index is 0.397. The highest BCUT2D eigenvalue weighted by atomic mass is 16.3. The van der Waals surface area contributed by atoms with Gasteiger partial charge in [-0.3, -0.25) is 10.00 Å². The molecule has 1 aliphatic heterocycles. The summed E-state index contributed by atoms with van der Waals surface area (Å²) in [5, 5.41) is 17.6. The Balaban J connectivity index is 1.38. The number of para-hydroxylation sites is 1. The SMILES string of the molecule is Oc1ccccc1CN1CCC(c2[nH]ncc2Cc2ccccc2)CC1. The van der Waals surface area contributed by atoms with E-state index >= 15 is 0 Å². The molecule has 0 spiro atoms. The first-order chi connectivity index (χ1) is 12.8. The van der Waals surface area contributed by atoms with E-state index in [1.54, 1.807) is 6.07 Å². The van der Waals surface area contributed by atoms with E-state index < -0.39 is 0 Å². The van der Waals surface area contributed by atoms with Gasteiger partial charge in [-0.2, -0.15) is 5.10 Å². The Morgan fingerprint density at radius 2 is 1.69 bits per heavy atom. The summed E-state index contributed by atoms with van der Waals surface area (Å²) in [5.74, 6) is 0.935. The maximum Gasteiger partial charge on any atom is 0.120 e. The maximum absolute atomic E-state index is 9.98. The van der Waals surface area contributed by atoms with Gasteiger partial charge in [0.1, 0.15) is 5.75 Å². The fourth-order valence-corrected chi connectivity index (χ4v) is 3.90. The van der Waals surface area contributed by atoms with Crippen LogP contribution in [0.4, 0.5) is 0 Å². The molecule has 2 heterocycles. The Bertz CT molecular complexity index is 835. The molecular formula is C22H25N3O. The van der Waals surface area contributed by atoms with E-state index in [9.17, 15) is 5.11 Å². The van der Waals surface area contributed by atoms with E-state index in [-0.39, 0.29) is 0 Å². The first-order valence-corrected chi connectivity index (χ1v) is 9.35. The number of hydrogen-bond acceptors (Lipinski definition) is 3. The summed E-state index contributed by atoms with van der Waals surface area (Å²) >= 11 is 0. The zero-order chi connectivity index (χ0) is 17.8. The van der Waals surface area contributed by atoms with Crippen LogP contribution in [0.15, 0.2) is 60.8 Å². The molecule has 2 aromatic carbocycles. The van der Waals surface area contributed by atoms with Gasteiger partial charge < -0.3 is 5.11 Å². The van der Waals surface area contributed by atoms with Gasteiger partial charge in [0.05, 0.1) is 6.20 Å². The van der Waals surface area contributed by atoms with Gasteiger partial charge in [-0.1, -0.05) is 48.5 Å². The molecule has 134 valence electrons. The second kappa shape index (κ2) is 7.75. The summed E-state index contributed by atoms with van der Waals surface area (Å²) in [5.41, 5.74) is 4.95. The van der Waals surface area contributed by atoms with Gasteiger partial charge in [0, 0.05) is 30.1 Å². The number of hydrogen-bond donors (Lipinski definition) is 2. The summed E-state index contributed by atoms with van der Waals surface area (Å²) in [6, 6.07) is 18.2. The topological polar surface area (TPSA) is 52.1 Å². The number of piperidine rings is 1. The van der Waals surface area contributed by atoms with Crippen molar-refractivity contribution in [1.82, 2.24) is 15.1 Å². The first-order valence-electron chi connectivity index (χ1n) is 9.35. The van der Waals surface area contributed by atoms with Crippen molar-refractivity contribution in [2.24, 2.45) is 0 Å². The third-order valence-electron chi connectivity index (χ3n) is 5.37. The van der Waals surface area contributed by atoms with Crippen LogP contribution in [-0.4, -0.2) is 33.3 Å². The predicted molar refractivity (Wildman–Crippen MR) is 103 cm³/mol. The molecular weight excluding hydrogens is 322 g/mol. The van der Waals surface area contributed by atoms with E-state index in [2.05, 4.69) is 45.4 Å². The molecule has 1 fully saturated rings. The van der Waals surface area contributed by atoms with Gasteiger partial charge in [-0.25, -0.2) is 0 Å². The Labute approximate surface area is 154 Å². The highest BCUT2D eigenvalue weighted by Crippen LogP contribution is 2.31. The number of aromatic hydroxyl groups is 1. The summed E-state index contributed by atoms with van der Waals surface area (Å²) < 4.78 is 0. The van der Waals surface area contributed by atoms with Crippen LogP contribution in [-0.2, 0) is 13.0 Å². The molecule has 1 aromatic heterocycles. The van der Waals surface area contributed by atoms with Crippen LogP contribution in [0.2, 0.25) is 0 Å². The third kappa shape index (κ3) is 3.81. The van der Waals surface area contributed by atoms with Crippen LogP contribution < -0.4 is 0 Å². The Morgan fingerprint density at radius 1 is 0.962 bits per heavy atom. The number of benzene rings is 2. The van der Waals surface area contributed by atoms with Crippen LogP contribution in [0.3, 0.4) is 0 Å². The van der Waals surface area contributed by atoms with Gasteiger partial charge in [0.2, 0.25) is 0 Å². The highest BCUT2D eigenvalue weighted by Gasteiger charge is 2.24. The number of phenols is 1. The number of aromatic nitrogens is 2. The maximum atomic E-state index is 9.98. The van der Waals surface area contributed by atoms with Crippen LogP contribution in [0.5, 0.6) is 5.75 Å². The van der Waals surface area contributed by atoms with Crippen molar-refractivity contribution in [1.29, 1.82) is 0 Å². The molecule has 4 heteroatoms. The smallest absolute Gasteiger partial charge is 0.120 e.